The molecule has 0 spiro atoms. The molecule has 0 atom stereocenters. The molecule has 0 N–H and O–H groups in total. The fraction of sp³-hybridized carbons (Fsp3) is 1.00. The Morgan fingerprint density at radius 1 is 0.308 bits per heavy atom. The molecule has 1 fully saturated rings. The van der Waals surface area contributed by atoms with Crippen molar-refractivity contribution >= 4 is 384 Å². The highest BCUT2D eigenvalue weighted by atomic mass is 127. The Morgan fingerprint density at radius 3 is 0.654 bits per heavy atom. The Kier molecular flexibility index (Phi) is 17.3. The molecular formula is C9HI17. The van der Waals surface area contributed by atoms with Crippen LogP contribution in [0.15, 0.2) is 0 Å². The summed E-state index contributed by atoms with van der Waals surface area (Å²) in [4.78, 5) is 0. The lowest BCUT2D eigenvalue weighted by Crippen LogP contribution is -2.65. The van der Waals surface area contributed by atoms with Gasteiger partial charge in [0, 0.05) is 0 Å². The molecule has 1 aliphatic rings. The standard InChI is InChI=1S/C9HI17/c10-1-2(11,12)4(15,16)6(19,20)8(23,24)9(25,26)7(21,22)5(17,18)3(1,13)14/h1H. The maximum atomic E-state index is 2.76. The molecule has 0 aromatic carbocycles. The molecule has 17 heteroatoms. The highest BCUT2D eigenvalue weighted by Crippen LogP contribution is 2.82. The Labute approximate surface area is 386 Å². The van der Waals surface area contributed by atoms with Gasteiger partial charge in [-0.05, 0) is 0 Å². The Morgan fingerprint density at radius 2 is 0.462 bits per heavy atom. The van der Waals surface area contributed by atoms with E-state index < -0.39 is 0 Å². The van der Waals surface area contributed by atoms with E-state index in [0.717, 1.165) is 0 Å². The van der Waals surface area contributed by atoms with Gasteiger partial charge in [0.2, 0.25) is 0 Å². The van der Waals surface area contributed by atoms with Crippen molar-refractivity contribution in [2.24, 2.45) is 0 Å². The SMILES string of the molecule is IC1C(I)(I)C(I)(I)C(I)(I)C(I)(I)C(I)(I)C(I)(I)C(I)(I)C1(I)I. The topological polar surface area (TPSA) is 0 Å². The molecule has 0 saturated heterocycles. The molecule has 0 nitrogen and oxygen atoms in total. The number of halogens is 17. The van der Waals surface area contributed by atoms with Gasteiger partial charge in [0.15, 0.2) is 0 Å². The van der Waals surface area contributed by atoms with Gasteiger partial charge in [-0.2, -0.15) is 0 Å². The molecule has 1 rings (SSSR count). The van der Waals surface area contributed by atoms with Gasteiger partial charge < -0.3 is 0 Å². The molecule has 0 radical (unpaired) electrons. The second kappa shape index (κ2) is 12.3. The molecule has 0 bridgehead atoms. The molecule has 0 heterocycles. The summed E-state index contributed by atoms with van der Waals surface area (Å²) in [5.41, 5.74) is 0. The lowest BCUT2D eigenvalue weighted by Gasteiger charge is -2.56. The zero-order valence-corrected chi connectivity index (χ0v) is 47.7. The van der Waals surface area contributed by atoms with Crippen LogP contribution in [0.3, 0.4) is 0 Å². The van der Waals surface area contributed by atoms with Crippen LogP contribution < -0.4 is 0 Å². The molecule has 1 aliphatic carbocycles. The van der Waals surface area contributed by atoms with Gasteiger partial charge in [0.05, 0.1) is 3.92 Å². The summed E-state index contributed by atoms with van der Waals surface area (Å²) >= 11 is 46.8. The van der Waals surface area contributed by atoms with Gasteiger partial charge in [0.1, 0.15) is 11.4 Å². The minimum absolute atomic E-state index is 0.00420. The van der Waals surface area contributed by atoms with Crippen molar-refractivity contribution in [2.45, 2.75) is 15.4 Å². The predicted molar refractivity (Wildman–Crippen MR) is 264 cm³/mol. The first-order chi connectivity index (χ1) is 10.9. The van der Waals surface area contributed by atoms with E-state index in [0.29, 0.717) is 3.92 Å². The van der Waals surface area contributed by atoms with Gasteiger partial charge in [-0.1, -0.05) is 384 Å². The lowest BCUT2D eigenvalue weighted by molar-refractivity contribution is 0.703. The third-order valence-electron chi connectivity index (χ3n) is 3.45. The average molecular weight is 2270 g/mol. The Bertz CT molecular complexity index is 521. The van der Waals surface area contributed by atoms with E-state index in [2.05, 4.69) is 384 Å². The third kappa shape index (κ3) is 5.98. The van der Waals surface area contributed by atoms with Crippen molar-refractivity contribution in [3.05, 3.63) is 0 Å². The fourth-order valence-electron chi connectivity index (χ4n) is 1.75. The van der Waals surface area contributed by atoms with Crippen LogP contribution in [0, 0.1) is 0 Å². The summed E-state index contributed by atoms with van der Waals surface area (Å²) in [6.07, 6.45) is 0. The van der Waals surface area contributed by atoms with Gasteiger partial charge >= 0.3 is 0 Å². The summed E-state index contributed by atoms with van der Waals surface area (Å²) in [7, 11) is 0. The molecular weight excluding hydrogens is 2270 g/mol. The second-order valence-electron chi connectivity index (χ2n) is 5.05. The number of alkyl halides is 17. The quantitative estimate of drug-likeness (QED) is 0.168. The van der Waals surface area contributed by atoms with Crippen LogP contribution in [-0.2, 0) is 0 Å². The summed E-state index contributed by atoms with van der Waals surface area (Å²) in [6.45, 7) is 0. The Balaban J connectivity index is 4.14. The van der Waals surface area contributed by atoms with Crippen molar-refractivity contribution in [2.75, 3.05) is 0 Å². The van der Waals surface area contributed by atoms with Gasteiger partial charge in [-0.15, -0.1) is 0 Å². The molecule has 1 saturated carbocycles. The zero-order valence-electron chi connectivity index (χ0n) is 11.0. The molecule has 156 valence electrons. The van der Waals surface area contributed by atoms with Crippen molar-refractivity contribution in [3.8, 4) is 0 Å². The van der Waals surface area contributed by atoms with Crippen molar-refractivity contribution in [1.29, 1.82) is 0 Å². The highest BCUT2D eigenvalue weighted by molar-refractivity contribution is 14.2. The lowest BCUT2D eigenvalue weighted by atomic mass is 10.1. The smallest absolute Gasteiger partial charge is 0.0778 e. The van der Waals surface area contributed by atoms with E-state index in [1.807, 2.05) is 0 Å². The van der Waals surface area contributed by atoms with Crippen LogP contribution >= 0.6 is 384 Å². The normalized spacial score (nSPS) is 33.6. The van der Waals surface area contributed by atoms with E-state index in [1.54, 1.807) is 0 Å². The fourth-order valence-corrected chi connectivity index (χ4v) is 32.7. The molecule has 26 heavy (non-hydrogen) atoms. The minimum atomic E-state index is -0.00420. The molecule has 0 unspecified atom stereocenters. The number of hydrogen-bond donors (Lipinski definition) is 0. The first kappa shape index (κ1) is 36.4. The van der Waals surface area contributed by atoms with E-state index in [1.165, 1.54) is 0 Å². The predicted octanol–water partition coefficient (Wildman–Crippen LogP) is 13.3. The zero-order chi connectivity index (χ0) is 21.6. The molecule has 0 aliphatic heterocycles. The molecule has 0 aromatic heterocycles. The van der Waals surface area contributed by atoms with E-state index >= 15 is 0 Å². The van der Waals surface area contributed by atoms with E-state index in [-0.39, 0.29) is 11.4 Å². The minimum Gasteiger partial charge on any atom is -0.0778 e. The van der Waals surface area contributed by atoms with Crippen molar-refractivity contribution < 1.29 is 0 Å². The van der Waals surface area contributed by atoms with Crippen LogP contribution in [0.1, 0.15) is 0 Å². The maximum Gasteiger partial charge on any atom is 0.125 e. The number of hydrogen-bond acceptors (Lipinski definition) is 0. The van der Waals surface area contributed by atoms with E-state index in [9.17, 15) is 0 Å². The van der Waals surface area contributed by atoms with Crippen LogP contribution in [0.4, 0.5) is 0 Å². The van der Waals surface area contributed by atoms with Gasteiger partial charge in [0.25, 0.3) is 0 Å². The van der Waals surface area contributed by atoms with Gasteiger partial charge in [-0.25, -0.2) is 0 Å². The van der Waals surface area contributed by atoms with Crippen LogP contribution in [0.2, 0.25) is 0 Å². The van der Waals surface area contributed by atoms with Gasteiger partial charge in [-0.3, -0.25) is 0 Å². The highest BCUT2D eigenvalue weighted by Gasteiger charge is 2.81. The van der Waals surface area contributed by atoms with E-state index in [4.69, 9.17) is 0 Å². The maximum absolute atomic E-state index is 2.76. The van der Waals surface area contributed by atoms with Crippen LogP contribution in [0.5, 0.6) is 0 Å². The second-order valence-corrected chi connectivity index (χ2v) is 49.0. The van der Waals surface area contributed by atoms with Crippen LogP contribution in [0.25, 0.3) is 0 Å². The summed E-state index contributed by atoms with van der Waals surface area (Å²) in [5, 5.41) is 0. The summed E-state index contributed by atoms with van der Waals surface area (Å²) < 4.78 is 0.597. The van der Waals surface area contributed by atoms with Crippen molar-refractivity contribution in [1.82, 2.24) is 0 Å². The first-order valence-electron chi connectivity index (χ1n) is 5.57. The summed E-state index contributed by atoms with van der Waals surface area (Å²) in [6, 6.07) is 0. The summed E-state index contributed by atoms with van der Waals surface area (Å²) in [5.74, 6) is 0. The first-order valence-corrected chi connectivity index (χ1v) is 24.1. The number of rotatable bonds is 0. The van der Waals surface area contributed by atoms with Crippen LogP contribution in [-0.4, -0.2) is 15.4 Å². The molecule has 0 amide bonds. The average Bonchev–Trinajstić information content (AvgIpc) is 2.43. The monoisotopic (exact) mass is 2270 g/mol. The van der Waals surface area contributed by atoms with Crippen molar-refractivity contribution in [3.63, 3.8) is 0 Å². The molecule has 0 aromatic rings. The third-order valence-corrected chi connectivity index (χ3v) is 64.3. The largest absolute Gasteiger partial charge is 0.125 e. The Hall–Kier alpha value is 12.4.